The lowest BCUT2D eigenvalue weighted by Crippen LogP contribution is -2.36. The average molecular weight is 675 g/mol. The third-order valence-electron chi connectivity index (χ3n) is 7.06. The zero-order chi connectivity index (χ0) is 32.2. The fourth-order valence-electron chi connectivity index (χ4n) is 5.06. The summed E-state index contributed by atoms with van der Waals surface area (Å²) in [6, 6.07) is 0. The number of nitrogen functional groups attached to an aromatic ring is 2. The van der Waals surface area contributed by atoms with E-state index in [1.54, 1.807) is 0 Å². The second kappa shape index (κ2) is 12.0. The Labute approximate surface area is 249 Å². The maximum Gasteiger partial charge on any atom is 0.695 e. The van der Waals surface area contributed by atoms with Crippen LogP contribution in [0.2, 0.25) is 0 Å². The molecule has 23 nitrogen and oxygen atoms in total. The Kier molecular flexibility index (Phi) is 8.36. The van der Waals surface area contributed by atoms with Crippen LogP contribution in [-0.4, -0.2) is 114 Å². The minimum absolute atomic E-state index is 0.0327. The summed E-state index contributed by atoms with van der Waals surface area (Å²) >= 11 is 0. The number of hydrogen-bond donors (Lipinski definition) is 8. The number of anilines is 2. The Morgan fingerprint density at radius 3 is 2.40 bits per heavy atom. The number of H-pyrrole nitrogens is 1. The molecule has 0 amide bonds. The first-order chi connectivity index (χ1) is 21.4. The van der Waals surface area contributed by atoms with Crippen LogP contribution in [0.1, 0.15) is 12.5 Å². The van der Waals surface area contributed by atoms with Crippen LogP contribution in [0, 0.1) is 0 Å². The lowest BCUT2D eigenvalue weighted by molar-refractivity contribution is -0.0609. The van der Waals surface area contributed by atoms with Gasteiger partial charge >= 0.3 is 16.1 Å². The number of ether oxygens (including phenoxy) is 2. The smallest absolute Gasteiger partial charge is 0.394 e. The lowest BCUT2D eigenvalue weighted by Gasteiger charge is -2.24. The molecule has 6 heterocycles. The van der Waals surface area contributed by atoms with E-state index in [2.05, 4.69) is 29.9 Å². The zero-order valence-electron chi connectivity index (χ0n) is 22.4. The van der Waals surface area contributed by atoms with Crippen molar-refractivity contribution in [3.63, 3.8) is 0 Å². The highest BCUT2D eigenvalue weighted by Crippen LogP contribution is 2.50. The molecule has 2 saturated heterocycles. The van der Waals surface area contributed by atoms with E-state index in [1.165, 1.54) is 10.9 Å². The van der Waals surface area contributed by atoms with Crippen LogP contribution in [0.15, 0.2) is 23.8 Å². The highest BCUT2D eigenvalue weighted by atomic mass is 31.2. The van der Waals surface area contributed by atoms with Gasteiger partial charge in [0.05, 0.1) is 25.9 Å². The summed E-state index contributed by atoms with van der Waals surface area (Å²) in [6.45, 7) is -1.58. The number of imidazole rings is 2. The van der Waals surface area contributed by atoms with Gasteiger partial charge in [0.1, 0.15) is 42.4 Å². The number of aliphatic hydroxyl groups is 3. The van der Waals surface area contributed by atoms with Crippen LogP contribution < -0.4 is 17.0 Å². The molecule has 10 N–H and O–H groups in total. The van der Waals surface area contributed by atoms with Gasteiger partial charge in [0.2, 0.25) is 5.95 Å². The molecule has 10 atom stereocenters. The molecule has 2 aliphatic rings. The van der Waals surface area contributed by atoms with E-state index >= 15 is 0 Å². The van der Waals surface area contributed by atoms with Gasteiger partial charge in [-0.3, -0.25) is 28.0 Å². The van der Waals surface area contributed by atoms with E-state index in [-0.39, 0.29) is 34.1 Å². The molecule has 4 unspecified atom stereocenters. The van der Waals surface area contributed by atoms with E-state index in [4.69, 9.17) is 34.5 Å². The predicted molar refractivity (Wildman–Crippen MR) is 145 cm³/mol. The Balaban J connectivity index is 1.22. The molecule has 0 radical (unpaired) electrons. The molecule has 6 rings (SSSR count). The van der Waals surface area contributed by atoms with E-state index in [1.807, 2.05) is 0 Å². The number of fused-ring (bicyclic) bond motifs is 2. The molecule has 2 fully saturated rings. The summed E-state index contributed by atoms with van der Waals surface area (Å²) in [5.74, 6) is -0.247. The highest BCUT2D eigenvalue weighted by molar-refractivity contribution is 7.47. The molecule has 2 aliphatic heterocycles. The molecule has 0 saturated carbocycles. The molecule has 242 valence electrons. The number of nitrogens with zero attached hydrogens (tertiary/aromatic N) is 7. The van der Waals surface area contributed by atoms with Crippen molar-refractivity contribution >= 4 is 50.2 Å². The average Bonchev–Trinajstić information content (AvgIpc) is 3.73. The molecular weight excluding hydrogens is 650 g/mol. The van der Waals surface area contributed by atoms with E-state index < -0.39 is 83.9 Å². The molecule has 4 aromatic rings. The van der Waals surface area contributed by atoms with Crippen molar-refractivity contribution in [2.75, 3.05) is 24.7 Å². The number of phosphoric acid groups is 1. The maximum atomic E-state index is 13.1. The van der Waals surface area contributed by atoms with Gasteiger partial charge in [-0.05, 0) is 0 Å². The van der Waals surface area contributed by atoms with E-state index in [0.29, 0.717) is 0 Å². The number of rotatable bonds is 10. The summed E-state index contributed by atoms with van der Waals surface area (Å²) in [6.07, 6.45) is -8.73. The predicted octanol–water partition coefficient (Wildman–Crippen LogP) is -2.83. The van der Waals surface area contributed by atoms with Crippen molar-refractivity contribution in [1.29, 1.82) is 0 Å². The molecule has 0 aliphatic carbocycles. The Bertz CT molecular complexity index is 1850. The van der Waals surface area contributed by atoms with Gasteiger partial charge in [0.25, 0.3) is 5.56 Å². The first kappa shape index (κ1) is 31.4. The highest BCUT2D eigenvalue weighted by Gasteiger charge is 2.53. The Morgan fingerprint density at radius 1 is 1.00 bits per heavy atom. The van der Waals surface area contributed by atoms with E-state index in [9.17, 15) is 39.0 Å². The van der Waals surface area contributed by atoms with Gasteiger partial charge in [0, 0.05) is 4.57 Å². The molecule has 0 spiro atoms. The monoisotopic (exact) mass is 675 g/mol. The number of nitrogens with one attached hydrogen (secondary N) is 1. The zero-order valence-corrected chi connectivity index (χ0v) is 24.2. The van der Waals surface area contributed by atoms with Gasteiger partial charge in [-0.2, -0.15) is 4.98 Å². The third kappa shape index (κ3) is 5.80. The van der Waals surface area contributed by atoms with Gasteiger partial charge < -0.3 is 41.2 Å². The number of aromatic amines is 1. The molecular formula is C20H25N10O13P2+. The lowest BCUT2D eigenvalue weighted by atomic mass is 10.1. The van der Waals surface area contributed by atoms with Crippen LogP contribution in [0.25, 0.3) is 22.3 Å². The number of aromatic nitrogens is 8. The van der Waals surface area contributed by atoms with Gasteiger partial charge in [-0.15, -0.1) is 9.42 Å². The van der Waals surface area contributed by atoms with Crippen molar-refractivity contribution < 1.29 is 57.3 Å². The van der Waals surface area contributed by atoms with Gasteiger partial charge in [0.15, 0.2) is 41.2 Å². The number of aliphatic hydroxyl groups excluding tert-OH is 3. The van der Waals surface area contributed by atoms with Crippen LogP contribution in [0.4, 0.5) is 11.8 Å². The third-order valence-corrected chi connectivity index (χ3v) is 8.47. The summed E-state index contributed by atoms with van der Waals surface area (Å²) in [4.78, 5) is 54.4. The van der Waals surface area contributed by atoms with Crippen molar-refractivity contribution in [2.24, 2.45) is 0 Å². The standard InChI is InChI=1S/C20H24N10O13P2/c21-14-8-15(24-3-23-14)29(4-25-8)18-11(33)12(42-44(35)36)7(41-18)2-39-45(37,38)43-13-10(32)6(1-31)40-19(13)30-5-26-9-16(30)27-20(22)28-17(9)34/h3-7,10-13,18-19,31-33H,1-2H2,(H6-,21,22,23,24,27,28,34,35,36,37,38)/p+1/t6?,7?,10-,11-,12-,13-,18-,19-/m1/s1. The first-order valence-corrected chi connectivity index (χ1v) is 15.4. The SMILES string of the molecule is Nc1nc2c(ncn2[C@@H]2OC(CO)[C@@H](O)[C@H]2OP(=O)(O)OCC2O[C@@H](n3cnc4c(N)ncnc43)[C@H](O)[C@@H]2O[P+](=O)O)c(=O)[nH]1. The largest absolute Gasteiger partial charge is 0.695 e. The molecule has 25 heteroatoms. The normalized spacial score (nSPS) is 30.3. The second-order valence-electron chi connectivity index (χ2n) is 9.79. The van der Waals surface area contributed by atoms with Crippen LogP contribution in [0.3, 0.4) is 0 Å². The second-order valence-corrected chi connectivity index (χ2v) is 11.9. The summed E-state index contributed by atoms with van der Waals surface area (Å²) in [7, 11) is -8.46. The summed E-state index contributed by atoms with van der Waals surface area (Å²) in [5.41, 5.74) is 10.8. The molecule has 45 heavy (non-hydrogen) atoms. The van der Waals surface area contributed by atoms with Crippen LogP contribution in [0.5, 0.6) is 0 Å². The fourth-order valence-corrected chi connectivity index (χ4v) is 6.46. The number of nitrogens with two attached hydrogens (primary N) is 2. The Hall–Kier alpha value is -3.57. The molecule has 0 bridgehead atoms. The van der Waals surface area contributed by atoms with Gasteiger partial charge in [-0.25, -0.2) is 24.5 Å². The quantitative estimate of drug-likeness (QED) is 0.0785. The summed E-state index contributed by atoms with van der Waals surface area (Å²) in [5, 5.41) is 31.4. The first-order valence-electron chi connectivity index (χ1n) is 12.8. The fraction of sp³-hybridized carbons (Fsp3) is 0.500. The maximum absolute atomic E-state index is 13.1. The van der Waals surface area contributed by atoms with Crippen molar-refractivity contribution in [1.82, 2.24) is 39.0 Å². The van der Waals surface area contributed by atoms with Crippen molar-refractivity contribution in [3.8, 4) is 0 Å². The Morgan fingerprint density at radius 2 is 1.69 bits per heavy atom. The topological polar surface area (TPSA) is 341 Å². The molecule has 4 aromatic heterocycles. The number of phosphoric ester groups is 1. The minimum atomic E-state index is -5.17. The van der Waals surface area contributed by atoms with Gasteiger partial charge in [-0.1, -0.05) is 0 Å². The molecule has 0 aromatic carbocycles. The van der Waals surface area contributed by atoms with Crippen LogP contribution >= 0.6 is 16.1 Å². The summed E-state index contributed by atoms with van der Waals surface area (Å²) < 4.78 is 53.7. The van der Waals surface area contributed by atoms with Crippen molar-refractivity contribution in [3.05, 3.63) is 29.3 Å². The van der Waals surface area contributed by atoms with Crippen LogP contribution in [-0.2, 0) is 32.2 Å². The van der Waals surface area contributed by atoms with Crippen molar-refractivity contribution in [2.45, 2.75) is 49.1 Å². The number of hydrogen-bond acceptors (Lipinski definition) is 18. The van der Waals surface area contributed by atoms with E-state index in [0.717, 1.165) is 17.2 Å². The minimum Gasteiger partial charge on any atom is -0.394 e.